The Kier molecular flexibility index (Phi) is 6.14. The van der Waals surface area contributed by atoms with E-state index in [2.05, 4.69) is 10.2 Å². The van der Waals surface area contributed by atoms with E-state index >= 15 is 0 Å². The van der Waals surface area contributed by atoms with Crippen LogP contribution >= 0.6 is 34.8 Å². The first-order valence-corrected chi connectivity index (χ1v) is 7.99. The third-order valence-corrected chi connectivity index (χ3v) is 4.49. The number of likely N-dealkylation sites (tertiary alicyclic amines) is 1. The van der Waals surface area contributed by atoms with E-state index < -0.39 is 0 Å². The Balaban J connectivity index is 1.91. The molecule has 0 bridgehead atoms. The van der Waals surface area contributed by atoms with Gasteiger partial charge in [0, 0.05) is 5.02 Å². The van der Waals surface area contributed by atoms with Crippen molar-refractivity contribution in [2.45, 2.75) is 12.8 Å². The van der Waals surface area contributed by atoms with E-state index in [4.69, 9.17) is 40.5 Å². The van der Waals surface area contributed by atoms with Crippen LogP contribution in [-0.4, -0.2) is 37.0 Å². The zero-order valence-electron chi connectivity index (χ0n) is 11.5. The first kappa shape index (κ1) is 16.8. The number of hydrogen-bond acceptors (Lipinski definition) is 3. The fraction of sp³-hybridized carbons (Fsp3) is 0.500. The molecule has 2 rings (SSSR count). The van der Waals surface area contributed by atoms with Crippen molar-refractivity contribution in [3.8, 4) is 0 Å². The van der Waals surface area contributed by atoms with Crippen LogP contribution in [0.5, 0.6) is 0 Å². The molecule has 1 fully saturated rings. The molecule has 7 heteroatoms. The highest BCUT2D eigenvalue weighted by Crippen LogP contribution is 2.33. The van der Waals surface area contributed by atoms with Gasteiger partial charge < -0.3 is 11.1 Å². The molecule has 1 aromatic rings. The van der Waals surface area contributed by atoms with Crippen molar-refractivity contribution in [2.24, 2.45) is 11.7 Å². The SMILES string of the molecule is NCC1CCN(CC(=O)Nc2c(Cl)cc(Cl)cc2Cl)CC1. The number of nitrogens with one attached hydrogen (secondary N) is 1. The standard InChI is InChI=1S/C14H18Cl3N3O/c15-10-5-11(16)14(12(17)6-10)19-13(21)8-20-3-1-9(7-18)2-4-20/h5-6,9H,1-4,7-8,18H2,(H,19,21). The van der Waals surface area contributed by atoms with E-state index in [9.17, 15) is 4.79 Å². The number of halogens is 3. The number of benzene rings is 1. The Morgan fingerprint density at radius 1 is 1.24 bits per heavy atom. The van der Waals surface area contributed by atoms with Crippen LogP contribution in [0.3, 0.4) is 0 Å². The molecular formula is C14H18Cl3N3O. The summed E-state index contributed by atoms with van der Waals surface area (Å²) in [6.07, 6.45) is 2.07. The Bertz CT molecular complexity index is 493. The molecule has 116 valence electrons. The number of amides is 1. The summed E-state index contributed by atoms with van der Waals surface area (Å²) in [4.78, 5) is 14.2. The van der Waals surface area contributed by atoms with Gasteiger partial charge in [-0.2, -0.15) is 0 Å². The molecule has 0 radical (unpaired) electrons. The first-order valence-electron chi connectivity index (χ1n) is 6.86. The number of nitrogens with two attached hydrogens (primary N) is 1. The maximum atomic E-state index is 12.1. The summed E-state index contributed by atoms with van der Waals surface area (Å²) in [5, 5.41) is 3.86. The third-order valence-electron chi connectivity index (χ3n) is 3.68. The van der Waals surface area contributed by atoms with Crippen molar-refractivity contribution in [1.29, 1.82) is 0 Å². The molecule has 21 heavy (non-hydrogen) atoms. The molecule has 1 aliphatic rings. The molecular weight excluding hydrogens is 333 g/mol. The second-order valence-electron chi connectivity index (χ2n) is 5.25. The smallest absolute Gasteiger partial charge is 0.238 e. The lowest BCUT2D eigenvalue weighted by atomic mass is 9.97. The van der Waals surface area contributed by atoms with Crippen molar-refractivity contribution in [3.63, 3.8) is 0 Å². The Morgan fingerprint density at radius 3 is 2.33 bits per heavy atom. The van der Waals surface area contributed by atoms with Gasteiger partial charge in [-0.25, -0.2) is 0 Å². The minimum atomic E-state index is -0.132. The quantitative estimate of drug-likeness (QED) is 0.876. The van der Waals surface area contributed by atoms with Gasteiger partial charge in [0.25, 0.3) is 0 Å². The van der Waals surface area contributed by atoms with Gasteiger partial charge in [-0.15, -0.1) is 0 Å². The van der Waals surface area contributed by atoms with Gasteiger partial charge in [0.1, 0.15) is 0 Å². The zero-order valence-corrected chi connectivity index (χ0v) is 13.8. The second-order valence-corrected chi connectivity index (χ2v) is 6.50. The van der Waals surface area contributed by atoms with Gasteiger partial charge in [-0.1, -0.05) is 34.8 Å². The largest absolute Gasteiger partial charge is 0.330 e. The summed E-state index contributed by atoms with van der Waals surface area (Å²) in [7, 11) is 0. The first-order chi connectivity index (χ1) is 9.99. The molecule has 1 aliphatic heterocycles. The summed E-state index contributed by atoms with van der Waals surface area (Å²) in [6, 6.07) is 3.11. The Hall–Kier alpha value is -0.520. The Labute approximate surface area is 139 Å². The highest BCUT2D eigenvalue weighted by molar-refractivity contribution is 6.42. The average molecular weight is 351 g/mol. The van der Waals surface area contributed by atoms with Crippen LogP contribution in [0.2, 0.25) is 15.1 Å². The number of hydrogen-bond donors (Lipinski definition) is 2. The van der Waals surface area contributed by atoms with E-state index in [1.165, 1.54) is 0 Å². The zero-order chi connectivity index (χ0) is 15.4. The number of rotatable bonds is 4. The molecule has 1 amide bonds. The minimum absolute atomic E-state index is 0.132. The molecule has 1 aromatic carbocycles. The normalized spacial score (nSPS) is 17.0. The molecule has 1 heterocycles. The molecule has 0 spiro atoms. The average Bonchev–Trinajstić information content (AvgIpc) is 2.43. The molecule has 0 unspecified atom stereocenters. The number of piperidine rings is 1. The molecule has 3 N–H and O–H groups in total. The second kappa shape index (κ2) is 7.65. The van der Waals surface area contributed by atoms with E-state index in [1.807, 2.05) is 0 Å². The number of carbonyl (C=O) groups is 1. The molecule has 4 nitrogen and oxygen atoms in total. The van der Waals surface area contributed by atoms with Crippen molar-refractivity contribution >= 4 is 46.4 Å². The maximum absolute atomic E-state index is 12.1. The topological polar surface area (TPSA) is 58.4 Å². The van der Waals surface area contributed by atoms with Gasteiger partial charge in [0.2, 0.25) is 5.91 Å². The lowest BCUT2D eigenvalue weighted by molar-refractivity contribution is -0.117. The predicted molar refractivity (Wildman–Crippen MR) is 88.3 cm³/mol. The maximum Gasteiger partial charge on any atom is 0.238 e. The predicted octanol–water partition coefficient (Wildman–Crippen LogP) is 3.26. The molecule has 0 aliphatic carbocycles. The van der Waals surface area contributed by atoms with E-state index in [0.29, 0.717) is 33.2 Å². The van der Waals surface area contributed by atoms with Crippen LogP contribution in [0.15, 0.2) is 12.1 Å². The highest BCUT2D eigenvalue weighted by Gasteiger charge is 2.20. The fourth-order valence-electron chi connectivity index (χ4n) is 2.42. The lowest BCUT2D eigenvalue weighted by Gasteiger charge is -2.30. The van der Waals surface area contributed by atoms with Crippen LogP contribution in [0.25, 0.3) is 0 Å². The third kappa shape index (κ3) is 4.73. The Morgan fingerprint density at radius 2 is 1.81 bits per heavy atom. The lowest BCUT2D eigenvalue weighted by Crippen LogP contribution is -2.40. The number of nitrogens with zero attached hydrogens (tertiary/aromatic N) is 1. The summed E-state index contributed by atoms with van der Waals surface area (Å²) >= 11 is 17.9. The van der Waals surface area contributed by atoms with Crippen LogP contribution in [0.1, 0.15) is 12.8 Å². The summed E-state index contributed by atoms with van der Waals surface area (Å²) in [5.41, 5.74) is 6.07. The van der Waals surface area contributed by atoms with Crippen molar-refractivity contribution < 1.29 is 4.79 Å². The van der Waals surface area contributed by atoms with E-state index in [-0.39, 0.29) is 5.91 Å². The summed E-state index contributed by atoms with van der Waals surface area (Å²) < 4.78 is 0. The van der Waals surface area contributed by atoms with Crippen LogP contribution < -0.4 is 11.1 Å². The molecule has 1 saturated heterocycles. The summed E-state index contributed by atoms with van der Waals surface area (Å²) in [6.45, 7) is 2.82. The van der Waals surface area contributed by atoms with E-state index in [0.717, 1.165) is 32.5 Å². The monoisotopic (exact) mass is 349 g/mol. The van der Waals surface area contributed by atoms with Gasteiger partial charge in [0.05, 0.1) is 22.3 Å². The number of carbonyl (C=O) groups excluding carboxylic acids is 1. The molecule has 0 atom stereocenters. The fourth-order valence-corrected chi connectivity index (χ4v) is 3.34. The van der Waals surface area contributed by atoms with Crippen molar-refractivity contribution in [1.82, 2.24) is 4.90 Å². The highest BCUT2D eigenvalue weighted by atomic mass is 35.5. The van der Waals surface area contributed by atoms with Crippen LogP contribution in [0, 0.1) is 5.92 Å². The summed E-state index contributed by atoms with van der Waals surface area (Å²) in [5.74, 6) is 0.441. The molecule has 0 aromatic heterocycles. The van der Waals surface area contributed by atoms with Crippen LogP contribution in [0.4, 0.5) is 5.69 Å². The van der Waals surface area contributed by atoms with Gasteiger partial charge in [0.15, 0.2) is 0 Å². The van der Waals surface area contributed by atoms with Gasteiger partial charge >= 0.3 is 0 Å². The molecule has 0 saturated carbocycles. The van der Waals surface area contributed by atoms with Crippen molar-refractivity contribution in [2.75, 3.05) is 31.5 Å². The van der Waals surface area contributed by atoms with Crippen LogP contribution in [-0.2, 0) is 4.79 Å². The van der Waals surface area contributed by atoms with Gasteiger partial charge in [-0.3, -0.25) is 9.69 Å². The number of anilines is 1. The van der Waals surface area contributed by atoms with E-state index in [1.54, 1.807) is 12.1 Å². The van der Waals surface area contributed by atoms with Gasteiger partial charge in [-0.05, 0) is 50.5 Å². The minimum Gasteiger partial charge on any atom is -0.330 e. The van der Waals surface area contributed by atoms with Crippen molar-refractivity contribution in [3.05, 3.63) is 27.2 Å².